The molecule has 0 aliphatic carbocycles. The fraction of sp³-hybridized carbons (Fsp3) is 0.636. The van der Waals surface area contributed by atoms with E-state index in [1.807, 2.05) is 13.0 Å². The Balaban J connectivity index is 2.18. The van der Waals surface area contributed by atoms with Crippen LogP contribution in [0.15, 0.2) is 10.7 Å². The van der Waals surface area contributed by atoms with E-state index in [0.717, 1.165) is 35.9 Å². The Bertz CT molecular complexity index is 362. The van der Waals surface area contributed by atoms with Crippen LogP contribution >= 0.6 is 15.9 Å². The summed E-state index contributed by atoms with van der Waals surface area (Å²) >= 11 is 3.42. The van der Waals surface area contributed by atoms with E-state index in [1.54, 1.807) is 0 Å². The number of aromatic nitrogens is 2. The molecule has 1 aromatic heterocycles. The average molecular weight is 285 g/mol. The van der Waals surface area contributed by atoms with Gasteiger partial charge in [-0.1, -0.05) is 0 Å². The lowest BCUT2D eigenvalue weighted by atomic mass is 10.2. The number of anilines is 1. The lowest BCUT2D eigenvalue weighted by Gasteiger charge is -2.38. The molecule has 1 saturated heterocycles. The van der Waals surface area contributed by atoms with Gasteiger partial charge in [0.05, 0.1) is 0 Å². The second-order valence-corrected chi connectivity index (χ2v) is 5.18. The van der Waals surface area contributed by atoms with Gasteiger partial charge in [-0.05, 0) is 36.8 Å². The van der Waals surface area contributed by atoms with Gasteiger partial charge in [-0.25, -0.2) is 9.97 Å². The molecule has 2 heterocycles. The molecule has 88 valence electrons. The van der Waals surface area contributed by atoms with Crippen LogP contribution in [-0.4, -0.2) is 47.6 Å². The van der Waals surface area contributed by atoms with Crippen molar-refractivity contribution in [3.8, 4) is 0 Å². The molecular formula is C11H17BrN4. The number of rotatable bonds is 1. The minimum Gasteiger partial charge on any atom is -0.354 e. The normalized spacial score (nSPS) is 22.5. The highest BCUT2D eigenvalue weighted by Crippen LogP contribution is 2.19. The highest BCUT2D eigenvalue weighted by Gasteiger charge is 2.21. The third kappa shape index (κ3) is 2.52. The van der Waals surface area contributed by atoms with Crippen LogP contribution in [0.5, 0.6) is 0 Å². The van der Waals surface area contributed by atoms with Crippen LogP contribution in [0.25, 0.3) is 0 Å². The highest BCUT2D eigenvalue weighted by molar-refractivity contribution is 9.10. The summed E-state index contributed by atoms with van der Waals surface area (Å²) in [6, 6.07) is 2.56. The van der Waals surface area contributed by atoms with Crippen molar-refractivity contribution in [3.63, 3.8) is 0 Å². The van der Waals surface area contributed by atoms with Crippen molar-refractivity contribution >= 4 is 21.7 Å². The van der Waals surface area contributed by atoms with Gasteiger partial charge in [-0.15, -0.1) is 0 Å². The molecule has 0 amide bonds. The smallest absolute Gasteiger partial charge is 0.133 e. The first-order valence-corrected chi connectivity index (χ1v) is 6.32. The van der Waals surface area contributed by atoms with Gasteiger partial charge in [0.1, 0.15) is 16.2 Å². The Labute approximate surface area is 105 Å². The predicted molar refractivity (Wildman–Crippen MR) is 68.8 cm³/mol. The Morgan fingerprint density at radius 2 is 2.12 bits per heavy atom. The fourth-order valence-electron chi connectivity index (χ4n) is 1.93. The Morgan fingerprint density at radius 1 is 1.38 bits per heavy atom. The van der Waals surface area contributed by atoms with Gasteiger partial charge in [0.15, 0.2) is 0 Å². The second-order valence-electron chi connectivity index (χ2n) is 4.37. The number of nitrogens with zero attached hydrogens (tertiary/aromatic N) is 4. The van der Waals surface area contributed by atoms with Crippen LogP contribution in [0.1, 0.15) is 12.7 Å². The minimum absolute atomic E-state index is 0.572. The lowest BCUT2D eigenvalue weighted by Crippen LogP contribution is -2.50. The summed E-state index contributed by atoms with van der Waals surface area (Å²) in [5.41, 5.74) is 0. The van der Waals surface area contributed by atoms with E-state index in [-0.39, 0.29) is 0 Å². The summed E-state index contributed by atoms with van der Waals surface area (Å²) in [6.45, 7) is 7.31. The van der Waals surface area contributed by atoms with Crippen molar-refractivity contribution in [2.24, 2.45) is 0 Å². The zero-order valence-electron chi connectivity index (χ0n) is 9.94. The molecule has 1 fully saturated rings. The molecule has 0 radical (unpaired) electrons. The zero-order chi connectivity index (χ0) is 11.7. The Kier molecular flexibility index (Phi) is 3.44. The van der Waals surface area contributed by atoms with Crippen molar-refractivity contribution in [2.75, 3.05) is 31.6 Å². The lowest BCUT2D eigenvalue weighted by molar-refractivity contribution is 0.233. The number of halogens is 1. The number of piperazine rings is 1. The molecule has 0 spiro atoms. The van der Waals surface area contributed by atoms with Crippen LogP contribution in [0.4, 0.5) is 5.82 Å². The van der Waals surface area contributed by atoms with Gasteiger partial charge in [-0.3, -0.25) is 0 Å². The largest absolute Gasteiger partial charge is 0.354 e. The molecule has 4 nitrogen and oxygen atoms in total. The third-order valence-corrected chi connectivity index (χ3v) is 3.48. The zero-order valence-corrected chi connectivity index (χ0v) is 11.5. The molecule has 1 atom stereocenters. The summed E-state index contributed by atoms with van der Waals surface area (Å²) in [6.07, 6.45) is 0. The van der Waals surface area contributed by atoms with E-state index in [0.29, 0.717) is 6.04 Å². The first-order valence-electron chi connectivity index (χ1n) is 5.52. The molecule has 16 heavy (non-hydrogen) atoms. The summed E-state index contributed by atoms with van der Waals surface area (Å²) in [4.78, 5) is 13.4. The number of hydrogen-bond acceptors (Lipinski definition) is 4. The van der Waals surface area contributed by atoms with Crippen molar-refractivity contribution < 1.29 is 0 Å². The summed E-state index contributed by atoms with van der Waals surface area (Å²) < 4.78 is 0.863. The molecule has 0 N–H and O–H groups in total. The maximum absolute atomic E-state index is 4.48. The van der Waals surface area contributed by atoms with Gasteiger partial charge < -0.3 is 9.80 Å². The maximum Gasteiger partial charge on any atom is 0.133 e. The van der Waals surface area contributed by atoms with Crippen LogP contribution in [0.2, 0.25) is 0 Å². The standard InChI is InChI=1S/C11H17BrN4/c1-8-7-16(5-4-15(8)3)11-6-10(12)13-9(2)14-11/h6,8H,4-5,7H2,1-3H3. The quantitative estimate of drug-likeness (QED) is 0.735. The molecule has 0 aromatic carbocycles. The van der Waals surface area contributed by atoms with E-state index in [1.165, 1.54) is 0 Å². The number of aryl methyl sites for hydroxylation is 1. The molecule has 1 aliphatic heterocycles. The molecule has 0 bridgehead atoms. The summed E-state index contributed by atoms with van der Waals surface area (Å²) in [5.74, 6) is 1.84. The van der Waals surface area contributed by atoms with E-state index in [2.05, 4.69) is 49.7 Å². The minimum atomic E-state index is 0.572. The first kappa shape index (κ1) is 11.8. The van der Waals surface area contributed by atoms with Crippen molar-refractivity contribution in [1.82, 2.24) is 14.9 Å². The number of hydrogen-bond donors (Lipinski definition) is 0. The molecule has 2 rings (SSSR count). The summed E-state index contributed by atoms with van der Waals surface area (Å²) in [7, 11) is 2.17. The molecule has 5 heteroatoms. The summed E-state index contributed by atoms with van der Waals surface area (Å²) in [5, 5.41) is 0. The highest BCUT2D eigenvalue weighted by atomic mass is 79.9. The molecular weight excluding hydrogens is 268 g/mol. The van der Waals surface area contributed by atoms with Gasteiger partial charge in [0.2, 0.25) is 0 Å². The Hall–Kier alpha value is -0.680. The topological polar surface area (TPSA) is 32.3 Å². The van der Waals surface area contributed by atoms with Crippen molar-refractivity contribution in [2.45, 2.75) is 19.9 Å². The van der Waals surface area contributed by atoms with Crippen LogP contribution in [-0.2, 0) is 0 Å². The maximum atomic E-state index is 4.48. The van der Waals surface area contributed by atoms with Gasteiger partial charge >= 0.3 is 0 Å². The van der Waals surface area contributed by atoms with Crippen LogP contribution < -0.4 is 4.90 Å². The van der Waals surface area contributed by atoms with E-state index >= 15 is 0 Å². The van der Waals surface area contributed by atoms with E-state index in [9.17, 15) is 0 Å². The average Bonchev–Trinajstić information content (AvgIpc) is 2.20. The van der Waals surface area contributed by atoms with E-state index in [4.69, 9.17) is 0 Å². The molecule has 1 aromatic rings. The van der Waals surface area contributed by atoms with Crippen LogP contribution in [0, 0.1) is 6.92 Å². The molecule has 0 saturated carbocycles. The molecule has 1 unspecified atom stereocenters. The Morgan fingerprint density at radius 3 is 2.75 bits per heavy atom. The van der Waals surface area contributed by atoms with Gasteiger partial charge in [-0.2, -0.15) is 0 Å². The third-order valence-electron chi connectivity index (χ3n) is 3.08. The van der Waals surface area contributed by atoms with Crippen molar-refractivity contribution in [3.05, 3.63) is 16.5 Å². The van der Waals surface area contributed by atoms with Crippen LogP contribution in [0.3, 0.4) is 0 Å². The monoisotopic (exact) mass is 284 g/mol. The SMILES string of the molecule is Cc1nc(Br)cc(N2CCN(C)C(C)C2)n1. The van der Waals surface area contributed by atoms with E-state index < -0.39 is 0 Å². The molecule has 1 aliphatic rings. The second kappa shape index (κ2) is 4.67. The predicted octanol–water partition coefficient (Wildman–Crippen LogP) is 1.69. The van der Waals surface area contributed by atoms with Gasteiger partial charge in [0, 0.05) is 31.7 Å². The van der Waals surface area contributed by atoms with Crippen molar-refractivity contribution in [1.29, 1.82) is 0 Å². The fourth-order valence-corrected chi connectivity index (χ4v) is 2.40. The number of likely N-dealkylation sites (N-methyl/N-ethyl adjacent to an activating group) is 1. The first-order chi connectivity index (χ1) is 7.56. The van der Waals surface area contributed by atoms with Gasteiger partial charge in [0.25, 0.3) is 0 Å².